The van der Waals surface area contributed by atoms with E-state index in [2.05, 4.69) is 20.2 Å². The summed E-state index contributed by atoms with van der Waals surface area (Å²) in [4.78, 5) is 25.3. The summed E-state index contributed by atoms with van der Waals surface area (Å²) < 4.78 is 30.4. The minimum absolute atomic E-state index is 0. The number of hydrogen-bond acceptors (Lipinski definition) is 6. The molecule has 2 aliphatic heterocycles. The first-order chi connectivity index (χ1) is 15.4. The van der Waals surface area contributed by atoms with Gasteiger partial charge in [-0.15, -0.1) is 11.3 Å². The van der Waals surface area contributed by atoms with Crippen molar-refractivity contribution in [2.75, 3.05) is 0 Å². The van der Waals surface area contributed by atoms with Crippen LogP contribution in [-0.2, 0) is 7.05 Å². The van der Waals surface area contributed by atoms with E-state index >= 15 is 0 Å². The molecule has 3 atom stereocenters. The van der Waals surface area contributed by atoms with Gasteiger partial charge in [-0.1, -0.05) is 0 Å². The van der Waals surface area contributed by atoms with E-state index in [1.54, 1.807) is 4.52 Å². The third-order valence-corrected chi connectivity index (χ3v) is 8.06. The first-order valence-corrected chi connectivity index (χ1v) is 11.5. The van der Waals surface area contributed by atoms with Crippen LogP contribution in [0.25, 0.3) is 16.0 Å². The van der Waals surface area contributed by atoms with Crippen molar-refractivity contribution in [1.82, 2.24) is 34.3 Å². The molecule has 0 aromatic carbocycles. The van der Waals surface area contributed by atoms with Crippen LogP contribution in [0.1, 0.15) is 64.8 Å². The van der Waals surface area contributed by atoms with Crippen LogP contribution in [-0.4, -0.2) is 52.3 Å². The van der Waals surface area contributed by atoms with Crippen LogP contribution in [0.4, 0.5) is 8.78 Å². The zero-order valence-electron chi connectivity index (χ0n) is 19.1. The average Bonchev–Trinajstić information content (AvgIpc) is 3.52. The highest BCUT2D eigenvalue weighted by Crippen LogP contribution is 2.45. The van der Waals surface area contributed by atoms with E-state index in [0.29, 0.717) is 10.6 Å². The zero-order chi connectivity index (χ0) is 22.1. The largest absolute Gasteiger partial charge is 0.331 e. The second-order valence-corrected chi connectivity index (χ2v) is 9.64. The van der Waals surface area contributed by atoms with Crippen LogP contribution < -0.4 is 0 Å². The molecule has 0 saturated carbocycles. The summed E-state index contributed by atoms with van der Waals surface area (Å²) in [5.41, 5.74) is 1.26. The number of carbonyl (C=O) groups is 1. The molecule has 4 aromatic heterocycles. The Balaban J connectivity index is 0.00000114. The summed E-state index contributed by atoms with van der Waals surface area (Å²) in [6.07, 6.45) is 2.05. The fourth-order valence-corrected chi connectivity index (χ4v) is 6.55. The Labute approximate surface area is 225 Å². The van der Waals surface area contributed by atoms with Gasteiger partial charge in [-0.2, -0.15) is 55.7 Å². The lowest BCUT2D eigenvalue weighted by molar-refractivity contribution is 0.0559. The second kappa shape index (κ2) is 10.2. The number of carbonyl (C=O) groups excluding carboxylic acids is 1. The molecule has 8 nitrogen and oxygen atoms in total. The van der Waals surface area contributed by atoms with Gasteiger partial charge in [-0.3, -0.25) is 9.48 Å². The summed E-state index contributed by atoms with van der Waals surface area (Å²) in [5.74, 6) is 0.0873. The van der Waals surface area contributed by atoms with E-state index in [-0.39, 0.29) is 75.9 Å². The highest BCUT2D eigenvalue weighted by Gasteiger charge is 2.46. The van der Waals surface area contributed by atoms with Crippen molar-refractivity contribution < 1.29 is 13.6 Å². The highest BCUT2D eigenvalue weighted by molar-refractivity contribution is 7.59. The summed E-state index contributed by atoms with van der Waals surface area (Å²) >= 11 is 1.46. The number of piperidine rings is 1. The number of aryl methyl sites for hydroxylation is 2. The molecule has 0 N–H and O–H groups in total. The molecule has 0 aliphatic carbocycles. The summed E-state index contributed by atoms with van der Waals surface area (Å²) in [5, 5.41) is 9.66. The highest BCUT2D eigenvalue weighted by atomic mass is 32.1. The molecule has 6 rings (SSSR count). The third kappa shape index (κ3) is 4.31. The quantitative estimate of drug-likeness (QED) is 0.376. The predicted molar refractivity (Wildman–Crippen MR) is 145 cm³/mol. The number of nitrogens with zero attached hydrogens (tertiary/aromatic N) is 7. The molecule has 14 heteroatoms. The Morgan fingerprint density at radius 1 is 1.14 bits per heavy atom. The summed E-state index contributed by atoms with van der Waals surface area (Å²) in [6, 6.07) is 3.49. The van der Waals surface area contributed by atoms with E-state index in [9.17, 15) is 13.6 Å². The molecule has 2 bridgehead atoms. The van der Waals surface area contributed by atoms with Crippen LogP contribution in [0.15, 0.2) is 18.5 Å². The van der Waals surface area contributed by atoms with E-state index < -0.39 is 6.43 Å². The van der Waals surface area contributed by atoms with Crippen molar-refractivity contribution in [2.45, 2.75) is 57.0 Å². The lowest BCUT2D eigenvalue weighted by Crippen LogP contribution is -2.47. The van der Waals surface area contributed by atoms with Crippen molar-refractivity contribution in [3.8, 4) is 0 Å². The number of fused-ring (bicyclic) bond motifs is 4. The molecule has 0 unspecified atom stereocenters. The molecule has 0 spiro atoms. The van der Waals surface area contributed by atoms with E-state index in [1.165, 1.54) is 23.7 Å². The first-order valence-electron chi connectivity index (χ1n) is 10.7. The topological polar surface area (TPSA) is 81.2 Å². The molecule has 35 heavy (non-hydrogen) atoms. The van der Waals surface area contributed by atoms with Gasteiger partial charge in [0.1, 0.15) is 16.9 Å². The fraction of sp³-hybridized carbons (Fsp3) is 0.476. The van der Waals surface area contributed by atoms with Crippen molar-refractivity contribution in [1.29, 1.82) is 0 Å². The zero-order valence-corrected chi connectivity index (χ0v) is 22.9. The van der Waals surface area contributed by atoms with Crippen molar-refractivity contribution >= 4 is 73.7 Å². The van der Waals surface area contributed by atoms with Crippen LogP contribution in [0.2, 0.25) is 0 Å². The molecular weight excluding hydrogens is 533 g/mol. The molecule has 190 valence electrons. The Kier molecular flexibility index (Phi) is 8.09. The number of halogens is 2. The molecule has 1 amide bonds. The van der Waals surface area contributed by atoms with Gasteiger partial charge in [-0.25, -0.2) is 18.3 Å². The van der Waals surface area contributed by atoms with E-state index in [1.807, 2.05) is 29.6 Å². The molecule has 4 aromatic rings. The van der Waals surface area contributed by atoms with Crippen LogP contribution in [0.3, 0.4) is 0 Å². The van der Waals surface area contributed by atoms with Crippen molar-refractivity contribution in [3.05, 3.63) is 40.4 Å². The Bertz CT molecular complexity index is 1340. The maximum Gasteiger partial charge on any atom is 0.280 e. The maximum atomic E-state index is 13.7. The molecule has 6 heterocycles. The lowest BCUT2D eigenvalue weighted by Gasteiger charge is -2.40. The van der Waals surface area contributed by atoms with Gasteiger partial charge in [0.2, 0.25) is 0 Å². The fourth-order valence-electron chi connectivity index (χ4n) is 5.48. The molecule has 0 radical (unpaired) electrons. The van der Waals surface area contributed by atoms with Gasteiger partial charge >= 0.3 is 0 Å². The van der Waals surface area contributed by atoms with Crippen LogP contribution in [0, 0.1) is 6.92 Å². The number of alkyl halides is 2. The van der Waals surface area contributed by atoms with Gasteiger partial charge in [0.15, 0.2) is 0 Å². The second-order valence-electron chi connectivity index (χ2n) is 8.61. The minimum Gasteiger partial charge on any atom is -0.331 e. The van der Waals surface area contributed by atoms with Crippen molar-refractivity contribution in [2.24, 2.45) is 7.05 Å². The molecular formula is C21H27F2N7OS4. The summed E-state index contributed by atoms with van der Waals surface area (Å²) in [7, 11) is 1.88. The number of aromatic nitrogens is 6. The summed E-state index contributed by atoms with van der Waals surface area (Å²) in [6.45, 7) is 1.94. The lowest BCUT2D eigenvalue weighted by atomic mass is 9.86. The number of rotatable bonds is 3. The SMILES string of the molecule is Cc1nn(C)c2sc(C(=O)N3[C@H]4CC[C@H](c5cc(C(F)F)nc6ncnn56)[C@@H]3CC4)cc12.S.S.S. The van der Waals surface area contributed by atoms with Gasteiger partial charge in [-0.05, 0) is 44.7 Å². The Morgan fingerprint density at radius 3 is 2.60 bits per heavy atom. The number of thiophene rings is 1. The van der Waals surface area contributed by atoms with Crippen molar-refractivity contribution in [3.63, 3.8) is 0 Å². The molecule has 2 fully saturated rings. The normalized spacial score (nSPS) is 21.2. The number of amides is 1. The van der Waals surface area contributed by atoms with Crippen LogP contribution >= 0.6 is 51.8 Å². The average molecular weight is 560 g/mol. The van der Waals surface area contributed by atoms with E-state index in [4.69, 9.17) is 0 Å². The standard InChI is InChI=1S/C21H21F2N7OS.3H2S/c1-10-13-7-17(32-20(13)28(2)27-10)19(31)29-11-3-5-12(15(29)6-4-11)16-8-14(18(22)23)26-21-24-9-25-30(16)21;;;/h7-9,11-12,15,18H,3-6H2,1-2H3;3*1H2/t11-,12-,15-;;;/m0.../s1. The number of hydrogen-bond donors (Lipinski definition) is 0. The molecule has 2 aliphatic rings. The van der Waals surface area contributed by atoms with E-state index in [0.717, 1.165) is 41.6 Å². The minimum atomic E-state index is -2.69. The Hall–Kier alpha value is -1.90. The van der Waals surface area contributed by atoms with Gasteiger partial charge in [0.05, 0.1) is 16.3 Å². The first kappa shape index (κ1) is 27.7. The smallest absolute Gasteiger partial charge is 0.280 e. The molecule has 2 saturated heterocycles. The predicted octanol–water partition coefficient (Wildman–Crippen LogP) is 4.21. The maximum absolute atomic E-state index is 13.7. The monoisotopic (exact) mass is 559 g/mol. The third-order valence-electron chi connectivity index (χ3n) is 6.87. The Morgan fingerprint density at radius 2 is 1.89 bits per heavy atom. The van der Waals surface area contributed by atoms with Crippen LogP contribution in [0.5, 0.6) is 0 Å². The van der Waals surface area contributed by atoms with Gasteiger partial charge < -0.3 is 4.90 Å². The van der Waals surface area contributed by atoms with Gasteiger partial charge in [0.25, 0.3) is 18.1 Å². The van der Waals surface area contributed by atoms with Gasteiger partial charge in [0, 0.05) is 30.4 Å².